The van der Waals surface area contributed by atoms with Crippen LogP contribution in [0.5, 0.6) is 0 Å². The van der Waals surface area contributed by atoms with Crippen LogP contribution in [0.3, 0.4) is 0 Å². The lowest BCUT2D eigenvalue weighted by molar-refractivity contribution is 0.231. The van der Waals surface area contributed by atoms with Crippen LogP contribution in [0.1, 0.15) is 52.9 Å². The van der Waals surface area contributed by atoms with Crippen molar-refractivity contribution in [2.75, 3.05) is 52.9 Å². The molecule has 0 aliphatic carbocycles. The molecule has 0 aromatic heterocycles. The van der Waals surface area contributed by atoms with Gasteiger partial charge in [0.25, 0.3) is 0 Å². The van der Waals surface area contributed by atoms with Crippen molar-refractivity contribution in [2.24, 2.45) is 4.99 Å². The molecule has 2 N–H and O–H groups in total. The minimum Gasteiger partial charge on any atom is -0.356 e. The third kappa shape index (κ3) is 8.56. The van der Waals surface area contributed by atoms with Gasteiger partial charge in [-0.25, -0.2) is 0 Å². The number of hydrogen-bond donors (Lipinski definition) is 2. The smallest absolute Gasteiger partial charge is 0.191 e. The molecule has 0 aromatic rings. The van der Waals surface area contributed by atoms with Gasteiger partial charge in [0, 0.05) is 26.2 Å². The summed E-state index contributed by atoms with van der Waals surface area (Å²) in [6.45, 7) is 14.6. The highest BCUT2D eigenvalue weighted by Gasteiger charge is 2.11. The Morgan fingerprint density at radius 3 is 2.30 bits per heavy atom. The molecule has 1 aliphatic heterocycles. The first kappa shape index (κ1) is 20.2. The fraction of sp³-hybridized carbons (Fsp3) is 0.944. The van der Waals surface area contributed by atoms with Crippen LogP contribution in [0, 0.1) is 0 Å². The second-order valence-corrected chi connectivity index (χ2v) is 6.56. The van der Waals surface area contributed by atoms with Gasteiger partial charge < -0.3 is 15.5 Å². The fourth-order valence-corrected chi connectivity index (χ4v) is 3.31. The topological polar surface area (TPSA) is 42.9 Å². The molecule has 0 spiro atoms. The van der Waals surface area contributed by atoms with E-state index in [-0.39, 0.29) is 0 Å². The van der Waals surface area contributed by atoms with Crippen LogP contribution >= 0.6 is 0 Å². The van der Waals surface area contributed by atoms with Crippen LogP contribution in [-0.2, 0) is 0 Å². The average Bonchev–Trinajstić information content (AvgIpc) is 2.84. The van der Waals surface area contributed by atoms with Gasteiger partial charge in [-0.1, -0.05) is 26.7 Å². The molecular weight excluding hydrogens is 286 g/mol. The number of nitrogens with one attached hydrogen (secondary N) is 2. The number of likely N-dealkylation sites (tertiary alicyclic amines) is 1. The van der Waals surface area contributed by atoms with Crippen molar-refractivity contribution in [1.82, 2.24) is 20.4 Å². The van der Waals surface area contributed by atoms with Gasteiger partial charge in [0.1, 0.15) is 0 Å². The van der Waals surface area contributed by atoms with E-state index in [9.17, 15) is 0 Å². The Morgan fingerprint density at radius 1 is 1.09 bits per heavy atom. The lowest BCUT2D eigenvalue weighted by Gasteiger charge is -2.27. The van der Waals surface area contributed by atoms with Crippen molar-refractivity contribution in [3.8, 4) is 0 Å². The van der Waals surface area contributed by atoms with Crippen LogP contribution in [0.25, 0.3) is 0 Å². The fourth-order valence-electron chi connectivity index (χ4n) is 3.31. The SMILES string of the molecule is CCN(CC)C(C)CNC(=NC)NCCCN1CCCCCC1. The minimum absolute atomic E-state index is 0.528. The molecule has 1 unspecified atom stereocenters. The molecule has 0 bridgehead atoms. The van der Waals surface area contributed by atoms with Gasteiger partial charge in [-0.05, 0) is 58.9 Å². The molecule has 1 saturated heterocycles. The van der Waals surface area contributed by atoms with E-state index in [1.165, 1.54) is 51.7 Å². The molecule has 136 valence electrons. The van der Waals surface area contributed by atoms with E-state index in [0.717, 1.165) is 32.1 Å². The first-order valence-corrected chi connectivity index (χ1v) is 9.62. The molecule has 0 aromatic carbocycles. The third-order valence-corrected chi connectivity index (χ3v) is 4.87. The first-order valence-electron chi connectivity index (χ1n) is 9.62. The molecule has 0 saturated carbocycles. The molecule has 0 radical (unpaired) electrons. The number of rotatable bonds is 9. The van der Waals surface area contributed by atoms with Crippen molar-refractivity contribution in [1.29, 1.82) is 0 Å². The Hall–Kier alpha value is -0.810. The van der Waals surface area contributed by atoms with Crippen molar-refractivity contribution in [2.45, 2.75) is 58.9 Å². The lowest BCUT2D eigenvalue weighted by Crippen LogP contribution is -2.46. The van der Waals surface area contributed by atoms with E-state index in [1.807, 2.05) is 7.05 Å². The van der Waals surface area contributed by atoms with Gasteiger partial charge in [0.15, 0.2) is 5.96 Å². The molecule has 1 atom stereocenters. The Balaban J connectivity index is 2.16. The Labute approximate surface area is 143 Å². The number of hydrogen-bond acceptors (Lipinski definition) is 3. The zero-order chi connectivity index (χ0) is 16.9. The summed E-state index contributed by atoms with van der Waals surface area (Å²) in [5.74, 6) is 0.930. The molecule has 1 rings (SSSR count). The van der Waals surface area contributed by atoms with Gasteiger partial charge in [0.05, 0.1) is 0 Å². The van der Waals surface area contributed by atoms with Crippen LogP contribution < -0.4 is 10.6 Å². The van der Waals surface area contributed by atoms with E-state index in [4.69, 9.17) is 0 Å². The van der Waals surface area contributed by atoms with Crippen molar-refractivity contribution < 1.29 is 0 Å². The molecule has 0 amide bonds. The van der Waals surface area contributed by atoms with E-state index in [0.29, 0.717) is 6.04 Å². The van der Waals surface area contributed by atoms with Gasteiger partial charge in [-0.2, -0.15) is 0 Å². The predicted molar refractivity (Wildman–Crippen MR) is 101 cm³/mol. The van der Waals surface area contributed by atoms with E-state index in [1.54, 1.807) is 0 Å². The second kappa shape index (κ2) is 12.6. The average molecular weight is 326 g/mol. The quantitative estimate of drug-likeness (QED) is 0.387. The highest BCUT2D eigenvalue weighted by Crippen LogP contribution is 2.09. The maximum absolute atomic E-state index is 4.33. The summed E-state index contributed by atoms with van der Waals surface area (Å²) in [5, 5.41) is 6.90. The van der Waals surface area contributed by atoms with Crippen LogP contribution in [0.4, 0.5) is 0 Å². The van der Waals surface area contributed by atoms with E-state index < -0.39 is 0 Å². The maximum atomic E-state index is 4.33. The molecule has 1 aliphatic rings. The first-order chi connectivity index (χ1) is 11.2. The summed E-state index contributed by atoms with van der Waals surface area (Å²) < 4.78 is 0. The lowest BCUT2D eigenvalue weighted by atomic mass is 10.2. The van der Waals surface area contributed by atoms with Gasteiger partial charge >= 0.3 is 0 Å². The summed E-state index contributed by atoms with van der Waals surface area (Å²) in [6.07, 6.45) is 6.76. The Kier molecular flexibility index (Phi) is 11.1. The van der Waals surface area contributed by atoms with Crippen LogP contribution in [0.15, 0.2) is 4.99 Å². The Morgan fingerprint density at radius 2 is 1.74 bits per heavy atom. The molecule has 1 heterocycles. The van der Waals surface area contributed by atoms with Crippen LogP contribution in [-0.4, -0.2) is 74.7 Å². The predicted octanol–water partition coefficient (Wildman–Crippen LogP) is 2.15. The molecule has 5 nitrogen and oxygen atoms in total. The molecule has 5 heteroatoms. The Bertz CT molecular complexity index is 307. The van der Waals surface area contributed by atoms with Gasteiger partial charge in [0.2, 0.25) is 0 Å². The van der Waals surface area contributed by atoms with Crippen LogP contribution in [0.2, 0.25) is 0 Å². The van der Waals surface area contributed by atoms with Crippen molar-refractivity contribution in [3.05, 3.63) is 0 Å². The highest BCUT2D eigenvalue weighted by atomic mass is 15.2. The van der Waals surface area contributed by atoms with E-state index in [2.05, 4.69) is 46.2 Å². The number of nitrogens with zero attached hydrogens (tertiary/aromatic N) is 3. The normalized spacial score (nSPS) is 18.7. The maximum Gasteiger partial charge on any atom is 0.191 e. The number of guanidine groups is 1. The monoisotopic (exact) mass is 325 g/mol. The summed E-state index contributed by atoms with van der Waals surface area (Å²) >= 11 is 0. The minimum atomic E-state index is 0.528. The zero-order valence-corrected chi connectivity index (χ0v) is 15.9. The molecule has 1 fully saturated rings. The summed E-state index contributed by atoms with van der Waals surface area (Å²) in [4.78, 5) is 9.41. The molecule has 23 heavy (non-hydrogen) atoms. The molecular formula is C18H39N5. The number of likely N-dealkylation sites (N-methyl/N-ethyl adjacent to an activating group) is 1. The van der Waals surface area contributed by atoms with Gasteiger partial charge in [-0.3, -0.25) is 9.89 Å². The highest BCUT2D eigenvalue weighted by molar-refractivity contribution is 5.79. The standard InChI is InChI=1S/C18H39N5/c1-5-23(6-2)17(3)16-21-18(19-4)20-12-11-15-22-13-9-7-8-10-14-22/h17H,5-16H2,1-4H3,(H2,19,20,21). The second-order valence-electron chi connectivity index (χ2n) is 6.56. The summed E-state index contributed by atoms with van der Waals surface area (Å²) in [5.41, 5.74) is 0. The number of aliphatic imine (C=N–C) groups is 1. The van der Waals surface area contributed by atoms with Crippen molar-refractivity contribution >= 4 is 5.96 Å². The summed E-state index contributed by atoms with van der Waals surface area (Å²) in [6, 6.07) is 0.528. The third-order valence-electron chi connectivity index (χ3n) is 4.87. The van der Waals surface area contributed by atoms with Crippen molar-refractivity contribution in [3.63, 3.8) is 0 Å². The largest absolute Gasteiger partial charge is 0.356 e. The zero-order valence-electron chi connectivity index (χ0n) is 15.9. The summed E-state index contributed by atoms with van der Waals surface area (Å²) in [7, 11) is 1.85. The van der Waals surface area contributed by atoms with Gasteiger partial charge in [-0.15, -0.1) is 0 Å². The van der Waals surface area contributed by atoms with E-state index >= 15 is 0 Å².